The van der Waals surface area contributed by atoms with Crippen molar-refractivity contribution in [3.05, 3.63) is 64.6 Å². The van der Waals surface area contributed by atoms with Crippen molar-refractivity contribution in [2.24, 2.45) is 0 Å². The summed E-state index contributed by atoms with van der Waals surface area (Å²) in [5.41, 5.74) is 6.51. The second kappa shape index (κ2) is 4.24. The van der Waals surface area contributed by atoms with Crippen molar-refractivity contribution < 1.29 is 4.39 Å². The van der Waals surface area contributed by atoms with Crippen LogP contribution in [0.1, 0.15) is 5.56 Å². The largest absolute Gasteiger partial charge is 0.399 e. The van der Waals surface area contributed by atoms with E-state index in [4.69, 9.17) is 5.73 Å². The molecule has 0 aliphatic rings. The highest BCUT2D eigenvalue weighted by Gasteiger charge is 2.07. The average molecular weight is 258 g/mol. The molecule has 0 radical (unpaired) electrons. The molecule has 0 atom stereocenters. The molecule has 0 saturated heterocycles. The summed E-state index contributed by atoms with van der Waals surface area (Å²) in [6.45, 7) is 0.159. The Morgan fingerprint density at radius 1 is 1.26 bits per heavy atom. The minimum Gasteiger partial charge on any atom is -0.399 e. The van der Waals surface area contributed by atoms with E-state index in [0.29, 0.717) is 16.8 Å². The van der Waals surface area contributed by atoms with Gasteiger partial charge in [-0.05, 0) is 18.2 Å². The normalized spacial score (nSPS) is 11.0. The van der Waals surface area contributed by atoms with Crippen LogP contribution in [0.5, 0.6) is 0 Å². The highest BCUT2D eigenvalue weighted by molar-refractivity contribution is 5.43. The zero-order chi connectivity index (χ0) is 13.4. The van der Waals surface area contributed by atoms with Gasteiger partial charge in [0.1, 0.15) is 11.3 Å². The van der Waals surface area contributed by atoms with Gasteiger partial charge in [0.05, 0.1) is 12.7 Å². The Balaban J connectivity index is 2.05. The summed E-state index contributed by atoms with van der Waals surface area (Å²) in [5.74, 6) is -0.416. The number of rotatable bonds is 2. The topological polar surface area (TPSA) is 65.3 Å². The molecule has 5 nitrogen and oxygen atoms in total. The lowest BCUT2D eigenvalue weighted by Crippen LogP contribution is -2.22. The Kier molecular flexibility index (Phi) is 2.56. The SMILES string of the molecule is Nc1ccc(Cn2ccn3nccc3c2=O)c(F)c1. The van der Waals surface area contributed by atoms with E-state index in [-0.39, 0.29) is 12.1 Å². The molecule has 6 heteroatoms. The van der Waals surface area contributed by atoms with Gasteiger partial charge in [-0.1, -0.05) is 6.07 Å². The first kappa shape index (κ1) is 11.5. The Morgan fingerprint density at radius 3 is 2.89 bits per heavy atom. The lowest BCUT2D eigenvalue weighted by Gasteiger charge is -2.07. The van der Waals surface area contributed by atoms with Gasteiger partial charge in [-0.25, -0.2) is 8.91 Å². The number of hydrogen-bond donors (Lipinski definition) is 1. The van der Waals surface area contributed by atoms with Crippen molar-refractivity contribution in [2.45, 2.75) is 6.54 Å². The molecule has 0 aliphatic heterocycles. The third-order valence-electron chi connectivity index (χ3n) is 2.96. The minimum absolute atomic E-state index is 0.159. The number of nitrogens with zero attached hydrogens (tertiary/aromatic N) is 3. The van der Waals surface area contributed by atoms with Crippen LogP contribution in [-0.4, -0.2) is 14.2 Å². The molecule has 0 amide bonds. The molecule has 2 heterocycles. The quantitative estimate of drug-likeness (QED) is 0.704. The maximum absolute atomic E-state index is 13.7. The van der Waals surface area contributed by atoms with Gasteiger partial charge in [-0.15, -0.1) is 0 Å². The third-order valence-corrected chi connectivity index (χ3v) is 2.96. The van der Waals surface area contributed by atoms with Crippen LogP contribution in [0.2, 0.25) is 0 Å². The van der Waals surface area contributed by atoms with Crippen LogP contribution in [-0.2, 0) is 6.54 Å². The minimum atomic E-state index is -0.416. The van der Waals surface area contributed by atoms with E-state index in [1.807, 2.05) is 0 Å². The van der Waals surface area contributed by atoms with Gasteiger partial charge in [0.15, 0.2) is 0 Å². The predicted octanol–water partition coefficient (Wildman–Crippen LogP) is 1.27. The molecule has 19 heavy (non-hydrogen) atoms. The molecule has 0 spiro atoms. The molecule has 0 unspecified atom stereocenters. The van der Waals surface area contributed by atoms with Crippen molar-refractivity contribution in [3.8, 4) is 0 Å². The lowest BCUT2D eigenvalue weighted by molar-refractivity contribution is 0.596. The van der Waals surface area contributed by atoms with E-state index >= 15 is 0 Å². The summed E-state index contributed by atoms with van der Waals surface area (Å²) in [4.78, 5) is 12.1. The smallest absolute Gasteiger partial charge is 0.276 e. The monoisotopic (exact) mass is 258 g/mol. The van der Waals surface area contributed by atoms with Crippen molar-refractivity contribution in [1.82, 2.24) is 14.2 Å². The Hall–Kier alpha value is -2.63. The van der Waals surface area contributed by atoms with E-state index in [1.54, 1.807) is 36.8 Å². The van der Waals surface area contributed by atoms with Crippen LogP contribution in [0.25, 0.3) is 5.52 Å². The van der Waals surface area contributed by atoms with E-state index in [2.05, 4.69) is 5.10 Å². The number of anilines is 1. The first-order valence-electron chi connectivity index (χ1n) is 5.72. The van der Waals surface area contributed by atoms with E-state index in [9.17, 15) is 9.18 Å². The van der Waals surface area contributed by atoms with Crippen LogP contribution in [0.4, 0.5) is 10.1 Å². The summed E-state index contributed by atoms with van der Waals surface area (Å²) < 4.78 is 16.6. The molecule has 1 aromatic carbocycles. The fraction of sp³-hybridized carbons (Fsp3) is 0.0769. The molecule has 96 valence electrons. The molecule has 0 aliphatic carbocycles. The maximum atomic E-state index is 13.7. The Bertz CT molecular complexity index is 806. The molecule has 0 saturated carbocycles. The van der Waals surface area contributed by atoms with Crippen LogP contribution >= 0.6 is 0 Å². The highest BCUT2D eigenvalue weighted by atomic mass is 19.1. The van der Waals surface area contributed by atoms with Gasteiger partial charge in [-0.2, -0.15) is 5.10 Å². The van der Waals surface area contributed by atoms with E-state index in [0.717, 1.165) is 0 Å². The molecule has 0 bridgehead atoms. The number of nitrogen functional groups attached to an aromatic ring is 1. The summed E-state index contributed by atoms with van der Waals surface area (Å²) in [7, 11) is 0. The third kappa shape index (κ3) is 1.97. The van der Waals surface area contributed by atoms with Gasteiger partial charge < -0.3 is 10.3 Å². The van der Waals surface area contributed by atoms with Crippen LogP contribution in [0.3, 0.4) is 0 Å². The molecule has 3 aromatic rings. The van der Waals surface area contributed by atoms with Gasteiger partial charge >= 0.3 is 0 Å². The molecule has 2 aromatic heterocycles. The second-order valence-electron chi connectivity index (χ2n) is 4.24. The van der Waals surface area contributed by atoms with Crippen molar-refractivity contribution >= 4 is 11.2 Å². The number of fused-ring (bicyclic) bond motifs is 1. The second-order valence-corrected chi connectivity index (χ2v) is 4.24. The molecule has 3 rings (SSSR count). The van der Waals surface area contributed by atoms with Crippen molar-refractivity contribution in [1.29, 1.82) is 0 Å². The predicted molar refractivity (Wildman–Crippen MR) is 69.4 cm³/mol. The van der Waals surface area contributed by atoms with Crippen molar-refractivity contribution in [3.63, 3.8) is 0 Å². The Morgan fingerprint density at radius 2 is 2.11 bits per heavy atom. The Labute approximate surface area is 107 Å². The number of aromatic nitrogens is 3. The number of benzene rings is 1. The molecule has 2 N–H and O–H groups in total. The van der Waals surface area contributed by atoms with Crippen LogP contribution < -0.4 is 11.3 Å². The summed E-state index contributed by atoms with van der Waals surface area (Å²) in [5, 5.41) is 3.97. The molecular weight excluding hydrogens is 247 g/mol. The molecular formula is C13H11FN4O. The van der Waals surface area contributed by atoms with E-state index in [1.165, 1.54) is 15.1 Å². The summed E-state index contributed by atoms with van der Waals surface area (Å²) >= 11 is 0. The van der Waals surface area contributed by atoms with Gasteiger partial charge in [0.2, 0.25) is 0 Å². The van der Waals surface area contributed by atoms with E-state index < -0.39 is 5.82 Å². The highest BCUT2D eigenvalue weighted by Crippen LogP contribution is 2.12. The van der Waals surface area contributed by atoms with Gasteiger partial charge in [0.25, 0.3) is 5.56 Å². The number of halogens is 1. The maximum Gasteiger partial charge on any atom is 0.276 e. The van der Waals surface area contributed by atoms with Gasteiger partial charge in [0, 0.05) is 23.6 Å². The number of nitrogens with two attached hydrogens (primary N) is 1. The van der Waals surface area contributed by atoms with Crippen molar-refractivity contribution in [2.75, 3.05) is 5.73 Å². The fourth-order valence-electron chi connectivity index (χ4n) is 1.96. The fourth-order valence-corrected chi connectivity index (χ4v) is 1.96. The average Bonchev–Trinajstić information content (AvgIpc) is 2.85. The van der Waals surface area contributed by atoms with Gasteiger partial charge in [-0.3, -0.25) is 4.79 Å². The summed E-state index contributed by atoms with van der Waals surface area (Å²) in [6.07, 6.45) is 4.79. The first-order valence-corrected chi connectivity index (χ1v) is 5.72. The van der Waals surface area contributed by atoms with Crippen LogP contribution in [0, 0.1) is 5.82 Å². The summed E-state index contributed by atoms with van der Waals surface area (Å²) in [6, 6.07) is 6.06. The molecule has 0 fully saturated rings. The number of hydrogen-bond acceptors (Lipinski definition) is 3. The standard InChI is InChI=1S/C13H11FN4O/c14-11-7-10(15)2-1-9(11)8-17-5-6-18-12(13(17)19)3-4-16-18/h1-7H,8,15H2. The first-order chi connectivity index (χ1) is 9.15. The zero-order valence-corrected chi connectivity index (χ0v) is 9.95. The zero-order valence-electron chi connectivity index (χ0n) is 9.95. The van der Waals surface area contributed by atoms with Crippen LogP contribution in [0.15, 0.2) is 47.7 Å². The lowest BCUT2D eigenvalue weighted by atomic mass is 10.2.